The number of imidazole rings is 1. The van der Waals surface area contributed by atoms with Crippen molar-refractivity contribution < 1.29 is 0 Å². The Kier molecular flexibility index (Phi) is 3.98. The summed E-state index contributed by atoms with van der Waals surface area (Å²) in [4.78, 5) is 9.79. The second kappa shape index (κ2) is 5.74. The van der Waals surface area contributed by atoms with E-state index in [4.69, 9.17) is 4.98 Å². The van der Waals surface area contributed by atoms with Gasteiger partial charge in [-0.25, -0.2) is 4.98 Å². The Bertz CT molecular complexity index is 595. The average molecular weight is 337 g/mol. The van der Waals surface area contributed by atoms with Crippen LogP contribution >= 0.6 is 15.9 Å². The highest BCUT2D eigenvalue weighted by molar-refractivity contribution is 9.08. The number of piperazine rings is 1. The highest BCUT2D eigenvalue weighted by atomic mass is 79.9. The second-order valence-electron chi connectivity index (χ2n) is 5.37. The van der Waals surface area contributed by atoms with Crippen LogP contribution in [0.2, 0.25) is 0 Å². The van der Waals surface area contributed by atoms with Gasteiger partial charge in [0.1, 0.15) is 5.65 Å². The molecule has 2 aromatic heterocycles. The highest BCUT2D eigenvalue weighted by Gasteiger charge is 2.26. The third kappa shape index (κ3) is 2.33. The molecule has 1 aliphatic rings. The van der Waals surface area contributed by atoms with Crippen LogP contribution in [0.4, 0.5) is 5.82 Å². The van der Waals surface area contributed by atoms with E-state index < -0.39 is 0 Å². The first-order valence-corrected chi connectivity index (χ1v) is 8.37. The van der Waals surface area contributed by atoms with Crippen LogP contribution in [-0.4, -0.2) is 46.5 Å². The molecule has 0 bridgehead atoms. The van der Waals surface area contributed by atoms with E-state index in [0.717, 1.165) is 43.0 Å². The summed E-state index contributed by atoms with van der Waals surface area (Å²) in [5, 5.41) is 0.829. The van der Waals surface area contributed by atoms with Crippen molar-refractivity contribution in [1.82, 2.24) is 14.3 Å². The molecule has 4 nitrogen and oxygen atoms in total. The predicted molar refractivity (Wildman–Crippen MR) is 86.7 cm³/mol. The summed E-state index contributed by atoms with van der Waals surface area (Å²) >= 11 is 3.62. The molecule has 0 amide bonds. The van der Waals surface area contributed by atoms with Crippen LogP contribution in [0.25, 0.3) is 5.65 Å². The Labute approximate surface area is 128 Å². The third-order valence-corrected chi connectivity index (χ3v) is 4.74. The van der Waals surface area contributed by atoms with Crippen LogP contribution in [0.5, 0.6) is 0 Å². The number of fused-ring (bicyclic) bond motifs is 1. The standard InChI is InChI=1S/C15H21BrN4/c1-3-18-8-9-19(11-12(18)2)15-13(10-16)20-7-5-4-6-14(20)17-15/h4-7,12H,3,8-11H2,1-2H3. The van der Waals surface area contributed by atoms with E-state index in [1.165, 1.54) is 5.69 Å². The van der Waals surface area contributed by atoms with Crippen molar-refractivity contribution >= 4 is 27.4 Å². The molecule has 1 atom stereocenters. The lowest BCUT2D eigenvalue weighted by molar-refractivity contribution is 0.199. The van der Waals surface area contributed by atoms with Crippen molar-refractivity contribution in [1.29, 1.82) is 0 Å². The number of likely N-dealkylation sites (N-methyl/N-ethyl adjacent to an activating group) is 1. The van der Waals surface area contributed by atoms with E-state index in [9.17, 15) is 0 Å². The van der Waals surface area contributed by atoms with Gasteiger partial charge in [0.25, 0.3) is 0 Å². The molecule has 20 heavy (non-hydrogen) atoms. The Hall–Kier alpha value is -1.07. The first-order chi connectivity index (χ1) is 9.74. The third-order valence-electron chi connectivity index (χ3n) is 4.21. The fraction of sp³-hybridized carbons (Fsp3) is 0.533. The molecule has 0 N–H and O–H groups in total. The zero-order valence-electron chi connectivity index (χ0n) is 12.1. The maximum Gasteiger partial charge on any atom is 0.152 e. The molecule has 1 saturated heterocycles. The van der Waals surface area contributed by atoms with Gasteiger partial charge >= 0.3 is 0 Å². The first kappa shape index (κ1) is 13.9. The van der Waals surface area contributed by atoms with Gasteiger partial charge in [0.15, 0.2) is 5.82 Å². The van der Waals surface area contributed by atoms with Crippen molar-refractivity contribution in [2.24, 2.45) is 0 Å². The summed E-state index contributed by atoms with van der Waals surface area (Å²) in [5.74, 6) is 1.13. The average Bonchev–Trinajstić information content (AvgIpc) is 2.85. The lowest BCUT2D eigenvalue weighted by atomic mass is 10.2. The molecule has 0 radical (unpaired) electrons. The van der Waals surface area contributed by atoms with Crippen molar-refractivity contribution in [3.8, 4) is 0 Å². The number of nitrogens with zero attached hydrogens (tertiary/aromatic N) is 4. The fourth-order valence-corrected chi connectivity index (χ4v) is 3.59. The summed E-state index contributed by atoms with van der Waals surface area (Å²) in [6.45, 7) is 8.90. The Morgan fingerprint density at radius 1 is 1.35 bits per heavy atom. The molecule has 108 valence electrons. The first-order valence-electron chi connectivity index (χ1n) is 7.25. The molecule has 0 spiro atoms. The van der Waals surface area contributed by atoms with Crippen molar-refractivity contribution in [2.75, 3.05) is 31.1 Å². The maximum atomic E-state index is 4.83. The quantitative estimate of drug-likeness (QED) is 0.805. The van der Waals surface area contributed by atoms with Gasteiger partial charge in [0.05, 0.1) is 5.69 Å². The Balaban J connectivity index is 1.94. The van der Waals surface area contributed by atoms with E-state index in [1.807, 2.05) is 6.07 Å². The molecule has 3 heterocycles. The molecule has 0 aromatic carbocycles. The van der Waals surface area contributed by atoms with Crippen molar-refractivity contribution in [2.45, 2.75) is 25.2 Å². The number of pyridine rings is 1. The van der Waals surface area contributed by atoms with Crippen molar-refractivity contribution in [3.63, 3.8) is 0 Å². The van der Waals surface area contributed by atoms with Crippen LogP contribution in [0, 0.1) is 0 Å². The molecule has 2 aromatic rings. The normalized spacial score (nSPS) is 20.8. The van der Waals surface area contributed by atoms with Gasteiger partial charge in [-0.3, -0.25) is 4.90 Å². The number of anilines is 1. The second-order valence-corrected chi connectivity index (χ2v) is 5.93. The SMILES string of the molecule is CCN1CCN(c2nc3ccccn3c2CBr)CC1C. The largest absolute Gasteiger partial charge is 0.352 e. The zero-order valence-corrected chi connectivity index (χ0v) is 13.7. The van der Waals surface area contributed by atoms with Gasteiger partial charge in [0.2, 0.25) is 0 Å². The number of rotatable bonds is 3. The van der Waals surface area contributed by atoms with Gasteiger partial charge in [-0.15, -0.1) is 0 Å². The van der Waals surface area contributed by atoms with Crippen LogP contribution < -0.4 is 4.90 Å². The molecule has 3 rings (SSSR count). The van der Waals surface area contributed by atoms with Gasteiger partial charge in [-0.05, 0) is 25.6 Å². The fourth-order valence-electron chi connectivity index (χ4n) is 3.07. The summed E-state index contributed by atoms with van der Waals surface area (Å²) in [6.07, 6.45) is 2.09. The van der Waals surface area contributed by atoms with E-state index >= 15 is 0 Å². The topological polar surface area (TPSA) is 23.8 Å². The minimum atomic E-state index is 0.585. The Morgan fingerprint density at radius 3 is 2.90 bits per heavy atom. The van der Waals surface area contributed by atoms with Crippen LogP contribution in [0.1, 0.15) is 19.5 Å². The number of hydrogen-bond donors (Lipinski definition) is 0. The van der Waals surface area contributed by atoms with E-state index in [0.29, 0.717) is 6.04 Å². The van der Waals surface area contributed by atoms with Crippen LogP contribution in [0.15, 0.2) is 24.4 Å². The van der Waals surface area contributed by atoms with Crippen molar-refractivity contribution in [3.05, 3.63) is 30.1 Å². The minimum absolute atomic E-state index is 0.585. The molecule has 0 saturated carbocycles. The van der Waals surface area contributed by atoms with Crippen LogP contribution in [-0.2, 0) is 5.33 Å². The molecular weight excluding hydrogens is 316 g/mol. The summed E-state index contributed by atoms with van der Waals surface area (Å²) in [5.41, 5.74) is 2.28. The maximum absolute atomic E-state index is 4.83. The zero-order chi connectivity index (χ0) is 14.1. The van der Waals surface area contributed by atoms with Crippen LogP contribution in [0.3, 0.4) is 0 Å². The summed E-state index contributed by atoms with van der Waals surface area (Å²) < 4.78 is 2.18. The van der Waals surface area contributed by atoms with E-state index in [-0.39, 0.29) is 0 Å². The van der Waals surface area contributed by atoms with E-state index in [2.05, 4.69) is 62.3 Å². The number of alkyl halides is 1. The van der Waals surface area contributed by atoms with Gasteiger partial charge in [-0.1, -0.05) is 28.9 Å². The predicted octanol–water partition coefficient (Wildman–Crippen LogP) is 2.76. The smallest absolute Gasteiger partial charge is 0.152 e. The number of hydrogen-bond acceptors (Lipinski definition) is 3. The molecule has 1 fully saturated rings. The Morgan fingerprint density at radius 2 is 2.20 bits per heavy atom. The molecule has 1 unspecified atom stereocenters. The lowest BCUT2D eigenvalue weighted by Crippen LogP contribution is -2.52. The minimum Gasteiger partial charge on any atom is -0.352 e. The molecule has 0 aliphatic carbocycles. The molecule has 1 aliphatic heterocycles. The number of halogens is 1. The van der Waals surface area contributed by atoms with Gasteiger partial charge < -0.3 is 9.30 Å². The van der Waals surface area contributed by atoms with Gasteiger partial charge in [0, 0.05) is 37.2 Å². The van der Waals surface area contributed by atoms with E-state index in [1.54, 1.807) is 0 Å². The lowest BCUT2D eigenvalue weighted by Gasteiger charge is -2.39. The summed E-state index contributed by atoms with van der Waals surface area (Å²) in [7, 11) is 0. The molecular formula is C15H21BrN4. The monoisotopic (exact) mass is 336 g/mol. The number of aromatic nitrogens is 2. The summed E-state index contributed by atoms with van der Waals surface area (Å²) in [6, 6.07) is 6.76. The highest BCUT2D eigenvalue weighted by Crippen LogP contribution is 2.26. The molecule has 5 heteroatoms. The van der Waals surface area contributed by atoms with Gasteiger partial charge in [-0.2, -0.15) is 0 Å².